The predicted octanol–water partition coefficient (Wildman–Crippen LogP) is 3.08. The number of methoxy groups -OCH3 is 1. The fourth-order valence-corrected chi connectivity index (χ4v) is 6.47. The number of amides is 1. The van der Waals surface area contributed by atoms with Crippen LogP contribution in [0.5, 0.6) is 11.5 Å². The van der Waals surface area contributed by atoms with E-state index in [1.165, 1.54) is 36.5 Å². The molecule has 0 saturated carbocycles. The van der Waals surface area contributed by atoms with Crippen molar-refractivity contribution >= 4 is 55.0 Å². The zero-order valence-electron chi connectivity index (χ0n) is 21.9. The Morgan fingerprint density at radius 3 is 2.83 bits per heavy atom. The van der Waals surface area contributed by atoms with Crippen LogP contribution < -0.4 is 25.2 Å². The van der Waals surface area contributed by atoms with Crippen molar-refractivity contribution in [2.75, 3.05) is 19.0 Å². The summed E-state index contributed by atoms with van der Waals surface area (Å²) in [5.41, 5.74) is 8.14. The fraction of sp³-hybridized carbons (Fsp3) is 0.185. The minimum absolute atomic E-state index is 0.00964. The van der Waals surface area contributed by atoms with Gasteiger partial charge in [-0.2, -0.15) is 0 Å². The van der Waals surface area contributed by atoms with Crippen LogP contribution in [0.25, 0.3) is 10.2 Å². The Balaban J connectivity index is 1.50. The average molecular weight is 596 g/mol. The van der Waals surface area contributed by atoms with Crippen LogP contribution in [0, 0.1) is 0 Å². The minimum Gasteiger partial charge on any atom is -0.497 e. The molecule has 1 unspecified atom stereocenters. The number of benzene rings is 3. The zero-order chi connectivity index (χ0) is 29.1. The maximum absolute atomic E-state index is 13.6. The number of nitrogens with one attached hydrogen (secondary N) is 2. The van der Waals surface area contributed by atoms with Crippen molar-refractivity contribution in [1.82, 2.24) is 9.71 Å². The first-order chi connectivity index (χ1) is 19.6. The number of nitrogens with zero attached hydrogens (tertiary/aromatic N) is 2. The highest BCUT2D eigenvalue weighted by molar-refractivity contribution is 7.89. The summed E-state index contributed by atoms with van der Waals surface area (Å²) < 4.78 is 41.5. The van der Waals surface area contributed by atoms with E-state index in [9.17, 15) is 18.0 Å². The van der Waals surface area contributed by atoms with Crippen molar-refractivity contribution in [3.63, 3.8) is 0 Å². The molecule has 0 fully saturated rings. The van der Waals surface area contributed by atoms with Crippen LogP contribution >= 0.6 is 11.3 Å². The first-order valence-corrected chi connectivity index (χ1v) is 14.5. The van der Waals surface area contributed by atoms with E-state index in [0.29, 0.717) is 27.6 Å². The number of hydrogen-bond donors (Lipinski definition) is 3. The van der Waals surface area contributed by atoms with Crippen molar-refractivity contribution in [3.8, 4) is 11.5 Å². The number of carbonyl (C=O) groups excluding carboxylic acids is 2. The third kappa shape index (κ3) is 6.45. The van der Waals surface area contributed by atoms with Crippen LogP contribution in [0.3, 0.4) is 0 Å². The van der Waals surface area contributed by atoms with E-state index in [2.05, 4.69) is 20.0 Å². The maximum atomic E-state index is 13.6. The zero-order valence-corrected chi connectivity index (χ0v) is 23.5. The number of ether oxygens (including phenoxy) is 2. The Morgan fingerprint density at radius 1 is 1.22 bits per heavy atom. The number of fused-ring (bicyclic) bond motifs is 2. The topological polar surface area (TPSA) is 171 Å². The number of amidine groups is 1. The first-order valence-electron chi connectivity index (χ1n) is 12.2. The molecule has 1 aliphatic heterocycles. The molecular weight excluding hydrogens is 570 g/mol. The second-order valence-corrected chi connectivity index (χ2v) is 11.8. The lowest BCUT2D eigenvalue weighted by Crippen LogP contribution is -2.31. The molecule has 0 radical (unpaired) electrons. The lowest BCUT2D eigenvalue weighted by Gasteiger charge is -2.20. The van der Waals surface area contributed by atoms with Crippen molar-refractivity contribution in [1.29, 1.82) is 0 Å². The van der Waals surface area contributed by atoms with E-state index in [1.807, 2.05) is 12.1 Å². The lowest BCUT2D eigenvalue weighted by atomic mass is 10.0. The summed E-state index contributed by atoms with van der Waals surface area (Å²) in [4.78, 5) is 32.2. The predicted molar refractivity (Wildman–Crippen MR) is 152 cm³/mol. The standard InChI is InChI=1S/C27H25N5O7S2/c1-15(33)39-31-26(28)17-5-3-4-16(10-17)11-22(27-30-20-8-6-18(37-2)12-24(20)40-27)32-41(35,36)19-7-9-23-21(13-19)29-25(34)14-38-23/h3-10,12-13,22,32H,11,14H2,1-2H3,(H2,28,31)(H,29,34). The van der Waals surface area contributed by atoms with Crippen LogP contribution in [0.2, 0.25) is 0 Å². The molecule has 2 heterocycles. The van der Waals surface area contributed by atoms with E-state index in [4.69, 9.17) is 20.2 Å². The monoisotopic (exact) mass is 595 g/mol. The van der Waals surface area contributed by atoms with Gasteiger partial charge in [0, 0.05) is 12.5 Å². The number of nitrogens with two attached hydrogens (primary N) is 1. The van der Waals surface area contributed by atoms with Gasteiger partial charge in [0.2, 0.25) is 10.0 Å². The largest absolute Gasteiger partial charge is 0.497 e. The normalized spacial score (nSPS) is 14.1. The molecule has 1 aromatic heterocycles. The van der Waals surface area contributed by atoms with E-state index in [0.717, 1.165) is 10.3 Å². The molecule has 0 spiro atoms. The van der Waals surface area contributed by atoms with Crippen LogP contribution in [0.4, 0.5) is 5.69 Å². The first kappa shape index (κ1) is 28.0. The highest BCUT2D eigenvalue weighted by Gasteiger charge is 2.27. The fourth-order valence-electron chi connectivity index (χ4n) is 4.12. The van der Waals surface area contributed by atoms with Gasteiger partial charge in [-0.15, -0.1) is 11.3 Å². The molecule has 0 bridgehead atoms. The number of sulfonamides is 1. The van der Waals surface area contributed by atoms with Gasteiger partial charge < -0.3 is 25.4 Å². The molecule has 0 saturated heterocycles. The quantitative estimate of drug-likeness (QED) is 0.114. The Morgan fingerprint density at radius 2 is 2.05 bits per heavy atom. The SMILES string of the molecule is COc1ccc2nc(C(Cc3cccc(/C(N)=N\OC(C)=O)c3)NS(=O)(=O)c3ccc4c(c3)NC(=O)CO4)sc2c1. The van der Waals surface area contributed by atoms with Crippen LogP contribution in [0.15, 0.2) is 70.7 Å². The van der Waals surface area contributed by atoms with E-state index in [-0.39, 0.29) is 35.4 Å². The smallest absolute Gasteiger partial charge is 0.332 e. The third-order valence-electron chi connectivity index (χ3n) is 6.04. The van der Waals surface area contributed by atoms with Gasteiger partial charge in [0.25, 0.3) is 5.91 Å². The molecule has 1 aliphatic rings. The van der Waals surface area contributed by atoms with E-state index >= 15 is 0 Å². The summed E-state index contributed by atoms with van der Waals surface area (Å²) in [6, 6.07) is 15.9. The van der Waals surface area contributed by atoms with Gasteiger partial charge in [-0.25, -0.2) is 22.9 Å². The highest BCUT2D eigenvalue weighted by atomic mass is 32.2. The number of anilines is 1. The molecule has 4 aromatic rings. The van der Waals surface area contributed by atoms with Crippen molar-refractivity contribution in [2.45, 2.75) is 24.3 Å². The average Bonchev–Trinajstić information content (AvgIpc) is 3.38. The maximum Gasteiger partial charge on any atom is 0.332 e. The van der Waals surface area contributed by atoms with E-state index in [1.54, 1.807) is 37.4 Å². The van der Waals surface area contributed by atoms with Gasteiger partial charge in [0.15, 0.2) is 12.4 Å². The van der Waals surface area contributed by atoms with Crippen LogP contribution in [-0.4, -0.2) is 44.8 Å². The molecule has 3 aromatic carbocycles. The number of aromatic nitrogens is 1. The van der Waals surface area contributed by atoms with Gasteiger partial charge in [-0.3, -0.25) is 4.79 Å². The number of hydrogen-bond acceptors (Lipinski definition) is 10. The number of thiazole rings is 1. The van der Waals surface area contributed by atoms with Crippen molar-refractivity contribution in [2.24, 2.45) is 10.9 Å². The molecule has 41 heavy (non-hydrogen) atoms. The molecule has 4 N–H and O–H groups in total. The summed E-state index contributed by atoms with van der Waals surface area (Å²) in [6.45, 7) is 1.07. The Labute approximate surface area is 239 Å². The summed E-state index contributed by atoms with van der Waals surface area (Å²) in [6.07, 6.45) is 0.204. The van der Waals surface area contributed by atoms with E-state index < -0.39 is 22.0 Å². The molecule has 5 rings (SSSR count). The molecule has 14 heteroatoms. The molecular formula is C27H25N5O7S2. The molecule has 0 aliphatic carbocycles. The van der Waals surface area contributed by atoms with Gasteiger partial charge in [-0.1, -0.05) is 23.4 Å². The molecule has 1 atom stereocenters. The Hall–Kier alpha value is -4.53. The number of carbonyl (C=O) groups is 2. The second-order valence-electron chi connectivity index (χ2n) is 9.02. The Bertz CT molecular complexity index is 1790. The summed E-state index contributed by atoms with van der Waals surface area (Å²) in [7, 11) is -2.53. The van der Waals surface area contributed by atoms with Gasteiger partial charge in [-0.05, 0) is 54.4 Å². The van der Waals surface area contributed by atoms with Crippen molar-refractivity contribution in [3.05, 3.63) is 76.8 Å². The van der Waals surface area contributed by atoms with Gasteiger partial charge >= 0.3 is 5.97 Å². The van der Waals surface area contributed by atoms with Gasteiger partial charge in [0.1, 0.15) is 16.5 Å². The van der Waals surface area contributed by atoms with Crippen LogP contribution in [0.1, 0.15) is 29.1 Å². The number of oxime groups is 1. The number of rotatable bonds is 9. The third-order valence-corrected chi connectivity index (χ3v) is 8.64. The Kier molecular flexibility index (Phi) is 7.88. The van der Waals surface area contributed by atoms with Gasteiger partial charge in [0.05, 0.1) is 34.0 Å². The summed E-state index contributed by atoms with van der Waals surface area (Å²) >= 11 is 1.33. The second kappa shape index (κ2) is 11.5. The molecule has 1 amide bonds. The molecule has 12 nitrogen and oxygen atoms in total. The summed E-state index contributed by atoms with van der Waals surface area (Å²) in [5, 5.41) is 6.78. The van der Waals surface area contributed by atoms with Crippen molar-refractivity contribution < 1.29 is 32.3 Å². The highest BCUT2D eigenvalue weighted by Crippen LogP contribution is 2.34. The lowest BCUT2D eigenvalue weighted by molar-refractivity contribution is -0.140. The molecule has 212 valence electrons. The van der Waals surface area contributed by atoms with Crippen LogP contribution in [-0.2, 0) is 30.9 Å². The minimum atomic E-state index is -4.09. The summed E-state index contributed by atoms with van der Waals surface area (Å²) in [5.74, 6) is 0.0339.